The molecule has 4 nitrogen and oxygen atoms in total. The predicted molar refractivity (Wildman–Crippen MR) is 77.4 cm³/mol. The van der Waals surface area contributed by atoms with Crippen LogP contribution in [0.25, 0.3) is 0 Å². The molecule has 0 saturated carbocycles. The Morgan fingerprint density at radius 2 is 2.11 bits per heavy atom. The van der Waals surface area contributed by atoms with Crippen LogP contribution >= 0.6 is 11.3 Å². The highest BCUT2D eigenvalue weighted by Gasteiger charge is 2.20. The number of aromatic nitrogens is 3. The van der Waals surface area contributed by atoms with Crippen molar-refractivity contribution in [3.8, 4) is 0 Å². The van der Waals surface area contributed by atoms with Crippen molar-refractivity contribution in [3.63, 3.8) is 0 Å². The normalized spacial score (nSPS) is 16.6. The predicted octanol–water partition coefficient (Wildman–Crippen LogP) is 2.85. The first-order chi connectivity index (χ1) is 9.15. The summed E-state index contributed by atoms with van der Waals surface area (Å²) in [6.07, 6.45) is 8.74. The lowest BCUT2D eigenvalue weighted by molar-refractivity contribution is 0.532. The van der Waals surface area contributed by atoms with Gasteiger partial charge in [0.25, 0.3) is 0 Å². The quantitative estimate of drug-likeness (QED) is 0.938. The molecule has 5 heteroatoms. The van der Waals surface area contributed by atoms with Crippen LogP contribution in [-0.2, 0) is 12.8 Å². The lowest BCUT2D eigenvalue weighted by Gasteiger charge is -2.07. The summed E-state index contributed by atoms with van der Waals surface area (Å²) in [5.74, 6) is 0. The molecule has 0 bridgehead atoms. The molecule has 0 aromatic carbocycles. The Morgan fingerprint density at radius 3 is 2.79 bits per heavy atom. The number of hydrogen-bond donors (Lipinski definition) is 1. The van der Waals surface area contributed by atoms with Crippen LogP contribution in [0.4, 0.5) is 0 Å². The molecule has 0 spiro atoms. The van der Waals surface area contributed by atoms with Crippen LogP contribution in [-0.4, -0.2) is 14.8 Å². The summed E-state index contributed by atoms with van der Waals surface area (Å²) in [5, 5.41) is 5.39. The average Bonchev–Trinajstić information content (AvgIpc) is 3.04. The molecule has 1 unspecified atom stereocenters. The number of thiazole rings is 1. The van der Waals surface area contributed by atoms with Crippen molar-refractivity contribution in [2.75, 3.05) is 0 Å². The van der Waals surface area contributed by atoms with E-state index in [9.17, 15) is 0 Å². The van der Waals surface area contributed by atoms with E-state index < -0.39 is 0 Å². The van der Waals surface area contributed by atoms with Crippen molar-refractivity contribution in [1.82, 2.24) is 14.8 Å². The van der Waals surface area contributed by atoms with Crippen LogP contribution in [0, 0.1) is 0 Å². The van der Waals surface area contributed by atoms with Crippen LogP contribution in [0.2, 0.25) is 0 Å². The molecular formula is C14H20N4S. The molecule has 1 aliphatic rings. The summed E-state index contributed by atoms with van der Waals surface area (Å²) in [6.45, 7) is 4.23. The Balaban J connectivity index is 1.86. The highest BCUT2D eigenvalue weighted by molar-refractivity contribution is 7.11. The molecule has 3 rings (SSSR count). The largest absolute Gasteiger partial charge is 0.318 e. The SMILES string of the molecule is CC(C)n1cc(C(N)c2nc3c(s2)CCCC3)cn1. The van der Waals surface area contributed by atoms with Crippen molar-refractivity contribution >= 4 is 11.3 Å². The zero-order valence-electron chi connectivity index (χ0n) is 11.5. The summed E-state index contributed by atoms with van der Waals surface area (Å²) in [7, 11) is 0. The molecule has 0 aliphatic heterocycles. The molecule has 2 aromatic heterocycles. The van der Waals surface area contributed by atoms with E-state index in [0.717, 1.165) is 17.0 Å². The van der Waals surface area contributed by atoms with E-state index in [4.69, 9.17) is 10.7 Å². The second-order valence-corrected chi connectivity index (χ2v) is 6.57. The van der Waals surface area contributed by atoms with Crippen LogP contribution in [0.1, 0.15) is 59.9 Å². The summed E-state index contributed by atoms with van der Waals surface area (Å²) in [6, 6.07) is 0.230. The second kappa shape index (κ2) is 5.06. The Morgan fingerprint density at radius 1 is 1.32 bits per heavy atom. The molecule has 0 amide bonds. The van der Waals surface area contributed by atoms with Crippen molar-refractivity contribution < 1.29 is 0 Å². The van der Waals surface area contributed by atoms with Gasteiger partial charge in [-0.25, -0.2) is 4.98 Å². The maximum Gasteiger partial charge on any atom is 0.115 e. The van der Waals surface area contributed by atoms with Crippen molar-refractivity contribution in [2.45, 2.75) is 51.6 Å². The maximum atomic E-state index is 6.34. The molecule has 1 atom stereocenters. The van der Waals surface area contributed by atoms with Gasteiger partial charge >= 0.3 is 0 Å². The number of rotatable bonds is 3. The van der Waals surface area contributed by atoms with Gasteiger partial charge in [0, 0.05) is 22.7 Å². The molecule has 0 fully saturated rings. The summed E-state index contributed by atoms with van der Waals surface area (Å²) in [5.41, 5.74) is 8.67. The first-order valence-corrected chi connectivity index (χ1v) is 7.75. The van der Waals surface area contributed by atoms with Crippen LogP contribution in [0.15, 0.2) is 12.4 Å². The van der Waals surface area contributed by atoms with Gasteiger partial charge in [-0.3, -0.25) is 4.68 Å². The van der Waals surface area contributed by atoms with Gasteiger partial charge < -0.3 is 5.73 Å². The number of aryl methyl sites for hydroxylation is 2. The van der Waals surface area contributed by atoms with E-state index in [0.29, 0.717) is 6.04 Å². The minimum Gasteiger partial charge on any atom is -0.318 e. The van der Waals surface area contributed by atoms with Crippen molar-refractivity contribution in [1.29, 1.82) is 0 Å². The van der Waals surface area contributed by atoms with Crippen molar-refractivity contribution in [2.24, 2.45) is 5.73 Å². The first-order valence-electron chi connectivity index (χ1n) is 6.93. The highest BCUT2D eigenvalue weighted by Crippen LogP contribution is 2.31. The molecule has 102 valence electrons. The van der Waals surface area contributed by atoms with Gasteiger partial charge in [0.1, 0.15) is 5.01 Å². The van der Waals surface area contributed by atoms with E-state index in [1.807, 2.05) is 17.1 Å². The molecule has 1 aliphatic carbocycles. The van der Waals surface area contributed by atoms with Gasteiger partial charge in [-0.05, 0) is 39.5 Å². The summed E-state index contributed by atoms with van der Waals surface area (Å²) >= 11 is 1.78. The van der Waals surface area contributed by atoms with Gasteiger partial charge in [0.05, 0.1) is 17.9 Å². The molecular weight excluding hydrogens is 256 g/mol. The van der Waals surface area contributed by atoms with Gasteiger partial charge in [0.15, 0.2) is 0 Å². The zero-order valence-corrected chi connectivity index (χ0v) is 12.3. The number of nitrogens with two attached hydrogens (primary N) is 1. The van der Waals surface area contributed by atoms with E-state index >= 15 is 0 Å². The third-order valence-electron chi connectivity index (χ3n) is 3.64. The summed E-state index contributed by atoms with van der Waals surface area (Å²) < 4.78 is 1.95. The summed E-state index contributed by atoms with van der Waals surface area (Å²) in [4.78, 5) is 6.18. The molecule has 2 heterocycles. The standard InChI is InChI=1S/C14H20N4S/c1-9(2)18-8-10(7-16-18)13(15)14-17-11-5-3-4-6-12(11)19-14/h7-9,13H,3-6,15H2,1-2H3. The Kier molecular flexibility index (Phi) is 3.41. The van der Waals surface area contributed by atoms with Crippen molar-refractivity contribution in [3.05, 3.63) is 33.5 Å². The molecule has 2 N–H and O–H groups in total. The second-order valence-electron chi connectivity index (χ2n) is 5.45. The smallest absolute Gasteiger partial charge is 0.115 e. The Hall–Kier alpha value is -1.20. The topological polar surface area (TPSA) is 56.7 Å². The number of hydrogen-bond acceptors (Lipinski definition) is 4. The Labute approximate surface area is 117 Å². The van der Waals surface area contributed by atoms with Gasteiger partial charge in [0.2, 0.25) is 0 Å². The number of nitrogens with zero attached hydrogens (tertiary/aromatic N) is 3. The average molecular weight is 276 g/mol. The van der Waals surface area contributed by atoms with Gasteiger partial charge in [-0.1, -0.05) is 0 Å². The number of fused-ring (bicyclic) bond motifs is 1. The van der Waals surface area contributed by atoms with Crippen LogP contribution in [0.5, 0.6) is 0 Å². The van der Waals surface area contributed by atoms with E-state index in [1.54, 1.807) is 11.3 Å². The molecule has 0 saturated heterocycles. The lowest BCUT2D eigenvalue weighted by atomic mass is 10.0. The zero-order chi connectivity index (χ0) is 13.4. The minimum absolute atomic E-state index is 0.136. The Bertz CT molecular complexity index is 546. The molecule has 19 heavy (non-hydrogen) atoms. The highest BCUT2D eigenvalue weighted by atomic mass is 32.1. The molecule has 2 aromatic rings. The van der Waals surface area contributed by atoms with E-state index in [2.05, 4.69) is 18.9 Å². The van der Waals surface area contributed by atoms with Gasteiger partial charge in [-0.2, -0.15) is 5.10 Å². The van der Waals surface area contributed by atoms with E-state index in [-0.39, 0.29) is 6.04 Å². The first kappa shape index (κ1) is 12.8. The fraction of sp³-hybridized carbons (Fsp3) is 0.571. The van der Waals surface area contributed by atoms with E-state index in [1.165, 1.54) is 29.8 Å². The third-order valence-corrected chi connectivity index (χ3v) is 4.88. The lowest BCUT2D eigenvalue weighted by Crippen LogP contribution is -2.11. The monoisotopic (exact) mass is 276 g/mol. The van der Waals surface area contributed by atoms with Gasteiger partial charge in [-0.15, -0.1) is 11.3 Å². The molecule has 0 radical (unpaired) electrons. The fourth-order valence-electron chi connectivity index (χ4n) is 2.44. The third kappa shape index (κ3) is 2.44. The van der Waals surface area contributed by atoms with Crippen LogP contribution in [0.3, 0.4) is 0 Å². The fourth-order valence-corrected chi connectivity index (χ4v) is 3.63. The minimum atomic E-state index is -0.136. The van der Waals surface area contributed by atoms with Crippen LogP contribution < -0.4 is 5.73 Å². The maximum absolute atomic E-state index is 6.34.